The summed E-state index contributed by atoms with van der Waals surface area (Å²) >= 11 is 0. The van der Waals surface area contributed by atoms with Crippen LogP contribution in [0.3, 0.4) is 0 Å². The number of sulfonamides is 1. The number of fused-ring (bicyclic) bond motifs is 3. The van der Waals surface area contributed by atoms with Crippen LogP contribution in [0.15, 0.2) is 60.8 Å². The Kier molecular flexibility index (Phi) is 11.8. The van der Waals surface area contributed by atoms with Crippen LogP contribution in [0, 0.1) is 23.6 Å². The van der Waals surface area contributed by atoms with Crippen LogP contribution in [0.25, 0.3) is 10.8 Å². The first-order valence-corrected chi connectivity index (χ1v) is 21.5. The molecule has 328 valence electrons. The van der Waals surface area contributed by atoms with Gasteiger partial charge in [0.15, 0.2) is 11.6 Å². The number of aromatic nitrogens is 1. The quantitative estimate of drug-likeness (QED) is 0.189. The maximum absolute atomic E-state index is 14.9. The van der Waals surface area contributed by atoms with Gasteiger partial charge in [0.1, 0.15) is 35.1 Å². The molecule has 3 fully saturated rings. The van der Waals surface area contributed by atoms with Crippen molar-refractivity contribution in [2.24, 2.45) is 17.8 Å². The summed E-state index contributed by atoms with van der Waals surface area (Å²) in [5.41, 5.74) is -3.73. The van der Waals surface area contributed by atoms with Crippen molar-refractivity contribution in [2.45, 2.75) is 93.4 Å². The van der Waals surface area contributed by atoms with Gasteiger partial charge in [0, 0.05) is 23.9 Å². The minimum atomic E-state index is -4.90. The van der Waals surface area contributed by atoms with Crippen LogP contribution in [0.5, 0.6) is 11.6 Å². The molecule has 0 radical (unpaired) electrons. The molecule has 61 heavy (non-hydrogen) atoms. The van der Waals surface area contributed by atoms with Gasteiger partial charge in [-0.1, -0.05) is 38.1 Å². The predicted octanol–water partition coefficient (Wildman–Crippen LogP) is 5.38. The molecule has 4 aliphatic rings. The number of allylic oxidation sites excluding steroid dienone is 1. The molecule has 13 nitrogen and oxygen atoms in total. The van der Waals surface area contributed by atoms with Crippen molar-refractivity contribution in [3.05, 3.63) is 77.8 Å². The number of hydrogen-bond donors (Lipinski definition) is 3. The number of amides is 4. The third-order valence-corrected chi connectivity index (χ3v) is 14.4. The fourth-order valence-corrected chi connectivity index (χ4v) is 9.88. The summed E-state index contributed by atoms with van der Waals surface area (Å²) in [5, 5.41) is 5.97. The van der Waals surface area contributed by atoms with Crippen LogP contribution in [-0.4, -0.2) is 90.7 Å². The lowest BCUT2D eigenvalue weighted by molar-refractivity contribution is -0.142. The van der Waals surface area contributed by atoms with E-state index in [1.807, 2.05) is 11.6 Å². The van der Waals surface area contributed by atoms with Crippen molar-refractivity contribution in [2.75, 3.05) is 20.3 Å². The number of pyridine rings is 1. The number of carbonyl (C=O) groups excluding carboxylic acids is 4. The van der Waals surface area contributed by atoms with Gasteiger partial charge >= 0.3 is 6.18 Å². The highest BCUT2D eigenvalue weighted by atomic mass is 32.2. The van der Waals surface area contributed by atoms with Gasteiger partial charge in [0.05, 0.1) is 24.8 Å². The number of halogens is 5. The van der Waals surface area contributed by atoms with Crippen LogP contribution in [0.1, 0.15) is 74.7 Å². The van der Waals surface area contributed by atoms with Crippen molar-refractivity contribution in [1.82, 2.24) is 25.2 Å². The smallest absolute Gasteiger partial charge is 0.417 e. The van der Waals surface area contributed by atoms with E-state index in [2.05, 4.69) is 15.6 Å². The fourth-order valence-electron chi connectivity index (χ4n) is 8.45. The van der Waals surface area contributed by atoms with Gasteiger partial charge in [-0.2, -0.15) is 13.2 Å². The minimum Gasteiger partial charge on any atom is -0.494 e. The Morgan fingerprint density at radius 3 is 2.51 bits per heavy atom. The van der Waals surface area contributed by atoms with Crippen LogP contribution in [0.2, 0.25) is 0 Å². The Morgan fingerprint density at radius 1 is 1.08 bits per heavy atom. The highest BCUT2D eigenvalue weighted by molar-refractivity contribution is 7.91. The second-order valence-electron chi connectivity index (χ2n) is 16.6. The lowest BCUT2D eigenvalue weighted by Crippen LogP contribution is -2.59. The molecule has 2 aliphatic carbocycles. The fraction of sp³-hybridized carbons (Fsp3) is 0.500. The van der Waals surface area contributed by atoms with E-state index in [1.54, 1.807) is 25.1 Å². The molecule has 7 rings (SSSR count). The molecule has 2 saturated carbocycles. The lowest BCUT2D eigenvalue weighted by Gasteiger charge is -2.33. The van der Waals surface area contributed by atoms with Gasteiger partial charge < -0.3 is 25.0 Å². The van der Waals surface area contributed by atoms with E-state index in [0.29, 0.717) is 24.6 Å². The number of ether oxygens (including phenoxy) is 2. The Hall–Kier alpha value is -5.33. The third-order valence-electron chi connectivity index (χ3n) is 12.3. The molecule has 19 heteroatoms. The zero-order chi connectivity index (χ0) is 44.1. The average molecular weight is 876 g/mol. The van der Waals surface area contributed by atoms with E-state index in [4.69, 9.17) is 9.47 Å². The van der Waals surface area contributed by atoms with Gasteiger partial charge in [-0.25, -0.2) is 22.2 Å². The molecule has 7 atom stereocenters. The third kappa shape index (κ3) is 8.62. The summed E-state index contributed by atoms with van der Waals surface area (Å²) in [6.07, 6.45) is 0.131. The van der Waals surface area contributed by atoms with Crippen LogP contribution < -0.4 is 24.8 Å². The number of nitrogens with one attached hydrogen (secondary N) is 3. The van der Waals surface area contributed by atoms with Crippen LogP contribution >= 0.6 is 0 Å². The summed E-state index contributed by atoms with van der Waals surface area (Å²) in [4.78, 5) is 62.5. The number of methoxy groups -OCH3 is 1. The van der Waals surface area contributed by atoms with Crippen LogP contribution in [-0.2, 0) is 30.6 Å². The SMILES string of the molecule is COc1cc2ccnc(O[C@@H]3C[C@H]4C(=O)NC5(C(=O)NS(=O)(=O)C6(CF)CC6)CC5/C=C\CC[C@@H](C)C[C@@H](C)[C@H](NC(=O)c5ccccc5C(F)(F)F)C(=O)N4C3)c2cc1F. The summed E-state index contributed by atoms with van der Waals surface area (Å²) < 4.78 is 109. The molecule has 3 heterocycles. The molecule has 4 amide bonds. The molecule has 0 spiro atoms. The second kappa shape index (κ2) is 16.5. The Labute approximate surface area is 348 Å². The minimum absolute atomic E-state index is 0.0111. The Balaban J connectivity index is 1.26. The van der Waals surface area contributed by atoms with Crippen molar-refractivity contribution in [1.29, 1.82) is 0 Å². The maximum atomic E-state index is 14.9. The molecule has 0 bridgehead atoms. The molecule has 3 aromatic rings. The molecule has 1 saturated heterocycles. The van der Waals surface area contributed by atoms with E-state index in [9.17, 15) is 49.5 Å². The first-order chi connectivity index (χ1) is 28.8. The normalized spacial score (nSPS) is 28.3. The van der Waals surface area contributed by atoms with Gasteiger partial charge in [0.25, 0.3) is 11.8 Å². The maximum Gasteiger partial charge on any atom is 0.417 e. The number of nitrogens with zero attached hydrogens (tertiary/aromatic N) is 2. The lowest BCUT2D eigenvalue weighted by atomic mass is 9.87. The average Bonchev–Trinajstić information content (AvgIpc) is 4.12. The van der Waals surface area contributed by atoms with Crippen molar-refractivity contribution < 1.29 is 59.0 Å². The van der Waals surface area contributed by atoms with E-state index in [1.165, 1.54) is 25.4 Å². The predicted molar refractivity (Wildman–Crippen MR) is 211 cm³/mol. The summed E-state index contributed by atoms with van der Waals surface area (Å²) in [6, 6.07) is 5.43. The number of rotatable bonds is 9. The molecule has 2 unspecified atom stereocenters. The first-order valence-electron chi connectivity index (χ1n) is 20.0. The Morgan fingerprint density at radius 2 is 1.82 bits per heavy atom. The van der Waals surface area contributed by atoms with Gasteiger partial charge in [0.2, 0.25) is 27.7 Å². The highest BCUT2D eigenvalue weighted by Gasteiger charge is 2.64. The molecule has 1 aromatic heterocycles. The summed E-state index contributed by atoms with van der Waals surface area (Å²) in [5.74, 6) is -6.20. The molecule has 3 N–H and O–H groups in total. The Bertz CT molecular complexity index is 2380. The van der Waals surface area contributed by atoms with Gasteiger partial charge in [-0.05, 0) is 86.1 Å². The largest absolute Gasteiger partial charge is 0.494 e. The van der Waals surface area contributed by atoms with Crippen molar-refractivity contribution in [3.8, 4) is 11.6 Å². The number of alkyl halides is 4. The zero-order valence-electron chi connectivity index (χ0n) is 33.6. The van der Waals surface area contributed by atoms with E-state index >= 15 is 0 Å². The van der Waals surface area contributed by atoms with Gasteiger partial charge in [-0.3, -0.25) is 23.9 Å². The van der Waals surface area contributed by atoms with Gasteiger partial charge in [-0.15, -0.1) is 0 Å². The molecular formula is C42H46F5N5O8S. The molecular weight excluding hydrogens is 830 g/mol. The highest BCUT2D eigenvalue weighted by Crippen LogP contribution is 2.48. The summed E-state index contributed by atoms with van der Waals surface area (Å²) in [7, 11) is -3.19. The standard InChI is InChI=1S/C42H46F5N5O8S/c1-23-8-4-5-9-26-20-41(26,39(56)51-61(57,58)40(22-43)13-14-40)50-36(54)32-18-27(60-37-29-19-31(44)33(59-3)17-25(29)12-15-48-37)21-52(32)38(55)34(24(2)16-23)49-35(53)28-10-6-7-11-30(28)42(45,46)47/h5-7,9-12,15,17,19,23-24,26-27,32,34H,4,8,13-14,16,18,20-22H2,1-3H3,(H,49,53)(H,50,54)(H,51,56)/b9-5-/t23-,24-,26?,27-,32+,34+,41?/m1/s1. The molecule has 2 aromatic carbocycles. The van der Waals surface area contributed by atoms with E-state index in [0.717, 1.165) is 29.2 Å². The topological polar surface area (TPSA) is 173 Å². The second-order valence-corrected chi connectivity index (χ2v) is 18.7. The van der Waals surface area contributed by atoms with Crippen LogP contribution in [0.4, 0.5) is 22.0 Å². The number of carbonyl (C=O) groups is 4. The zero-order valence-corrected chi connectivity index (χ0v) is 34.4. The number of benzene rings is 2. The van der Waals surface area contributed by atoms with Crippen molar-refractivity contribution in [3.63, 3.8) is 0 Å². The number of hydrogen-bond acceptors (Lipinski definition) is 9. The first kappa shape index (κ1) is 43.7. The van der Waals surface area contributed by atoms with Crippen molar-refractivity contribution >= 4 is 44.4 Å². The monoisotopic (exact) mass is 875 g/mol. The van der Waals surface area contributed by atoms with E-state index in [-0.39, 0.29) is 55.2 Å². The molecule has 2 aliphatic heterocycles. The van der Waals surface area contributed by atoms with E-state index < -0.39 is 104 Å². The summed E-state index contributed by atoms with van der Waals surface area (Å²) in [6.45, 7) is 2.05.